The topological polar surface area (TPSA) is 70.9 Å². The van der Waals surface area contributed by atoms with Gasteiger partial charge in [-0.2, -0.15) is 5.10 Å². The summed E-state index contributed by atoms with van der Waals surface area (Å²) in [5.41, 5.74) is 2.60. The van der Waals surface area contributed by atoms with Crippen LogP contribution in [0.25, 0.3) is 0 Å². The van der Waals surface area contributed by atoms with Gasteiger partial charge in [0.2, 0.25) is 0 Å². The lowest BCUT2D eigenvalue weighted by molar-refractivity contribution is 0.152. The normalized spacial score (nSPS) is 11.1. The average Bonchev–Trinajstić information content (AvgIpc) is 2.29. The number of amides is 1. The van der Waals surface area contributed by atoms with Gasteiger partial charge < -0.3 is 9.84 Å². The van der Waals surface area contributed by atoms with Crippen LogP contribution >= 0.6 is 0 Å². The number of nitrogens with one attached hydrogen (secondary N) is 1. The minimum atomic E-state index is -0.706. The zero-order valence-electron chi connectivity index (χ0n) is 9.53. The Morgan fingerprint density at radius 3 is 2.94 bits per heavy atom. The van der Waals surface area contributed by atoms with Crippen LogP contribution in [0.5, 0.6) is 5.75 Å². The van der Waals surface area contributed by atoms with Crippen molar-refractivity contribution in [2.45, 2.75) is 13.8 Å². The molecule has 1 rings (SSSR count). The van der Waals surface area contributed by atoms with Crippen molar-refractivity contribution in [3.05, 3.63) is 29.6 Å². The number of phenols is 1. The third kappa shape index (κ3) is 3.75. The van der Waals surface area contributed by atoms with E-state index in [4.69, 9.17) is 0 Å². The summed E-state index contributed by atoms with van der Waals surface area (Å²) >= 11 is 0. The first kappa shape index (κ1) is 13.0. The molecule has 0 atom stereocenters. The van der Waals surface area contributed by atoms with E-state index in [0.29, 0.717) is 0 Å². The van der Waals surface area contributed by atoms with E-state index in [2.05, 4.69) is 15.3 Å². The molecule has 1 amide bonds. The standard InChI is InChI=1S/C11H13FN2O3/c1-3-17-11(16)14-13-7(2)9-6-8(12)4-5-10(9)15/h4-6,15H,3H2,1-2H3,(H,14,16)/b13-7+. The van der Waals surface area contributed by atoms with Crippen LogP contribution in [0.4, 0.5) is 9.18 Å². The second kappa shape index (κ2) is 5.83. The van der Waals surface area contributed by atoms with E-state index in [1.165, 1.54) is 13.0 Å². The summed E-state index contributed by atoms with van der Waals surface area (Å²) in [6.45, 7) is 3.42. The van der Waals surface area contributed by atoms with Gasteiger partial charge in [0.05, 0.1) is 12.3 Å². The number of nitrogens with zero attached hydrogens (tertiary/aromatic N) is 1. The van der Waals surface area contributed by atoms with Crippen molar-refractivity contribution in [3.8, 4) is 5.75 Å². The van der Waals surface area contributed by atoms with Crippen LogP contribution in [-0.4, -0.2) is 23.5 Å². The molecule has 1 aromatic carbocycles. The SMILES string of the molecule is CCOC(=O)N/N=C(\C)c1cc(F)ccc1O. The van der Waals surface area contributed by atoms with E-state index in [-0.39, 0.29) is 23.6 Å². The number of hydrogen-bond donors (Lipinski definition) is 2. The lowest BCUT2D eigenvalue weighted by Crippen LogP contribution is -2.20. The Bertz CT molecular complexity index is 446. The maximum absolute atomic E-state index is 12.9. The number of hydrogen-bond acceptors (Lipinski definition) is 4. The maximum atomic E-state index is 12.9. The molecule has 0 saturated carbocycles. The van der Waals surface area contributed by atoms with Crippen molar-refractivity contribution in [2.24, 2.45) is 5.10 Å². The Morgan fingerprint density at radius 1 is 1.59 bits per heavy atom. The first-order valence-electron chi connectivity index (χ1n) is 5.00. The third-order valence-corrected chi connectivity index (χ3v) is 1.94. The number of aromatic hydroxyl groups is 1. The molecule has 5 nitrogen and oxygen atoms in total. The number of rotatable bonds is 3. The molecule has 0 aliphatic rings. The number of halogens is 1. The molecule has 6 heteroatoms. The number of carbonyl (C=O) groups is 1. The Kier molecular flexibility index (Phi) is 4.45. The molecule has 0 bridgehead atoms. The zero-order valence-corrected chi connectivity index (χ0v) is 9.53. The van der Waals surface area contributed by atoms with Gasteiger partial charge in [-0.3, -0.25) is 0 Å². The summed E-state index contributed by atoms with van der Waals surface area (Å²) in [4.78, 5) is 11.0. The van der Waals surface area contributed by atoms with Gasteiger partial charge in [0.15, 0.2) is 0 Å². The van der Waals surface area contributed by atoms with Crippen LogP contribution in [0.2, 0.25) is 0 Å². The number of carbonyl (C=O) groups excluding carboxylic acids is 1. The Balaban J connectivity index is 2.81. The summed E-state index contributed by atoms with van der Waals surface area (Å²) in [6, 6.07) is 3.47. The highest BCUT2D eigenvalue weighted by Crippen LogP contribution is 2.18. The highest BCUT2D eigenvalue weighted by Gasteiger charge is 2.07. The molecule has 1 aromatic rings. The summed E-state index contributed by atoms with van der Waals surface area (Å²) in [6.07, 6.45) is -0.706. The van der Waals surface area contributed by atoms with E-state index in [9.17, 15) is 14.3 Å². The van der Waals surface area contributed by atoms with Crippen molar-refractivity contribution in [1.29, 1.82) is 0 Å². The van der Waals surface area contributed by atoms with Crippen LogP contribution in [-0.2, 0) is 4.74 Å². The summed E-state index contributed by atoms with van der Waals surface area (Å²) in [7, 11) is 0. The van der Waals surface area contributed by atoms with Gasteiger partial charge in [-0.1, -0.05) is 0 Å². The van der Waals surface area contributed by atoms with Gasteiger partial charge >= 0.3 is 6.09 Å². The minimum Gasteiger partial charge on any atom is -0.507 e. The van der Waals surface area contributed by atoms with E-state index in [1.807, 2.05) is 0 Å². The van der Waals surface area contributed by atoms with Gasteiger partial charge in [0, 0.05) is 5.56 Å². The Morgan fingerprint density at radius 2 is 2.29 bits per heavy atom. The van der Waals surface area contributed by atoms with E-state index in [0.717, 1.165) is 12.1 Å². The number of hydrazone groups is 1. The molecule has 2 N–H and O–H groups in total. The van der Waals surface area contributed by atoms with Crippen molar-refractivity contribution < 1.29 is 19.0 Å². The van der Waals surface area contributed by atoms with Crippen molar-refractivity contribution in [2.75, 3.05) is 6.61 Å². The van der Waals surface area contributed by atoms with Gasteiger partial charge in [-0.25, -0.2) is 14.6 Å². The van der Waals surface area contributed by atoms with Crippen molar-refractivity contribution in [1.82, 2.24) is 5.43 Å². The molecule has 0 fully saturated rings. The third-order valence-electron chi connectivity index (χ3n) is 1.94. The highest BCUT2D eigenvalue weighted by atomic mass is 19.1. The zero-order chi connectivity index (χ0) is 12.8. The smallest absolute Gasteiger partial charge is 0.427 e. The fourth-order valence-electron chi connectivity index (χ4n) is 1.15. The van der Waals surface area contributed by atoms with Crippen LogP contribution in [0.3, 0.4) is 0 Å². The molecule has 92 valence electrons. The predicted molar refractivity (Wildman–Crippen MR) is 60.4 cm³/mol. The molecule has 0 unspecified atom stereocenters. The molecule has 0 saturated heterocycles. The van der Waals surface area contributed by atoms with E-state index >= 15 is 0 Å². The van der Waals surface area contributed by atoms with Crippen molar-refractivity contribution in [3.63, 3.8) is 0 Å². The first-order chi connectivity index (χ1) is 8.04. The quantitative estimate of drug-likeness (QED) is 0.627. The highest BCUT2D eigenvalue weighted by molar-refractivity contribution is 6.01. The molecular weight excluding hydrogens is 227 g/mol. The lowest BCUT2D eigenvalue weighted by Gasteiger charge is -2.05. The first-order valence-corrected chi connectivity index (χ1v) is 5.00. The Hall–Kier alpha value is -2.11. The van der Waals surface area contributed by atoms with Crippen LogP contribution in [0.1, 0.15) is 19.4 Å². The largest absolute Gasteiger partial charge is 0.507 e. The second-order valence-corrected chi connectivity index (χ2v) is 3.19. The number of phenolic OH excluding ortho intramolecular Hbond substituents is 1. The van der Waals surface area contributed by atoms with E-state index < -0.39 is 11.9 Å². The molecular formula is C11H13FN2O3. The molecule has 0 aliphatic heterocycles. The van der Waals surface area contributed by atoms with Gasteiger partial charge in [-0.05, 0) is 32.0 Å². The second-order valence-electron chi connectivity index (χ2n) is 3.19. The van der Waals surface area contributed by atoms with Crippen molar-refractivity contribution >= 4 is 11.8 Å². The molecule has 0 spiro atoms. The van der Waals surface area contributed by atoms with Gasteiger partial charge in [0.25, 0.3) is 0 Å². The molecule has 0 aliphatic carbocycles. The Labute approximate surface area is 97.9 Å². The average molecular weight is 240 g/mol. The lowest BCUT2D eigenvalue weighted by atomic mass is 10.1. The minimum absolute atomic E-state index is 0.113. The fourth-order valence-corrected chi connectivity index (χ4v) is 1.15. The summed E-state index contributed by atoms with van der Waals surface area (Å²) in [5, 5.41) is 13.2. The van der Waals surface area contributed by atoms with Crippen LogP contribution < -0.4 is 5.43 Å². The molecule has 0 aromatic heterocycles. The van der Waals surface area contributed by atoms with E-state index in [1.54, 1.807) is 6.92 Å². The maximum Gasteiger partial charge on any atom is 0.427 e. The summed E-state index contributed by atoms with van der Waals surface area (Å²) < 4.78 is 17.5. The van der Waals surface area contributed by atoms with Crippen LogP contribution in [0.15, 0.2) is 23.3 Å². The fraction of sp³-hybridized carbons (Fsp3) is 0.273. The van der Waals surface area contributed by atoms with Gasteiger partial charge in [0.1, 0.15) is 11.6 Å². The van der Waals surface area contributed by atoms with Gasteiger partial charge in [-0.15, -0.1) is 0 Å². The summed E-state index contributed by atoms with van der Waals surface area (Å²) in [5.74, 6) is -0.609. The molecule has 17 heavy (non-hydrogen) atoms. The molecule has 0 radical (unpaired) electrons. The molecule has 0 heterocycles. The predicted octanol–water partition coefficient (Wildman–Crippen LogP) is 2.00. The number of benzene rings is 1. The number of ether oxygens (including phenoxy) is 1. The van der Waals surface area contributed by atoms with Crippen LogP contribution in [0, 0.1) is 5.82 Å². The monoisotopic (exact) mass is 240 g/mol.